The van der Waals surface area contributed by atoms with Gasteiger partial charge >= 0.3 is 5.97 Å². The molecule has 22 heavy (non-hydrogen) atoms. The lowest BCUT2D eigenvalue weighted by Gasteiger charge is -2.21. The summed E-state index contributed by atoms with van der Waals surface area (Å²) in [6.07, 6.45) is 7.19. The molecule has 0 bridgehead atoms. The molecule has 6 heteroatoms. The van der Waals surface area contributed by atoms with Crippen LogP contribution in [0, 0.1) is 0 Å². The van der Waals surface area contributed by atoms with Crippen molar-refractivity contribution >= 4 is 11.9 Å². The summed E-state index contributed by atoms with van der Waals surface area (Å²) in [5, 5.41) is 0. The van der Waals surface area contributed by atoms with Gasteiger partial charge in [-0.15, -0.1) is 0 Å². The summed E-state index contributed by atoms with van der Waals surface area (Å²) < 4.78 is 6.47. The van der Waals surface area contributed by atoms with Crippen LogP contribution in [0.4, 0.5) is 0 Å². The van der Waals surface area contributed by atoms with E-state index in [4.69, 9.17) is 4.74 Å². The number of ether oxygens (including phenoxy) is 1. The maximum atomic E-state index is 12.5. The van der Waals surface area contributed by atoms with E-state index < -0.39 is 0 Å². The Balaban J connectivity index is 2.68. The van der Waals surface area contributed by atoms with Crippen LogP contribution in [0.1, 0.15) is 56.9 Å². The van der Waals surface area contributed by atoms with E-state index in [1.54, 1.807) is 17.7 Å². The van der Waals surface area contributed by atoms with Crippen molar-refractivity contribution in [3.63, 3.8) is 0 Å². The van der Waals surface area contributed by atoms with Crippen LogP contribution in [-0.2, 0) is 16.1 Å². The fourth-order valence-electron chi connectivity index (χ4n) is 2.09. The number of amides is 1. The first kappa shape index (κ1) is 18.2. The first-order valence-corrected chi connectivity index (χ1v) is 8.09. The Morgan fingerprint density at radius 1 is 1.18 bits per heavy atom. The second-order valence-corrected chi connectivity index (χ2v) is 5.24. The molecule has 1 rings (SSSR count). The van der Waals surface area contributed by atoms with Gasteiger partial charge < -0.3 is 14.2 Å². The van der Waals surface area contributed by atoms with Gasteiger partial charge in [0.25, 0.3) is 5.91 Å². The lowest BCUT2D eigenvalue weighted by Crippen LogP contribution is -2.33. The highest BCUT2D eigenvalue weighted by molar-refractivity contribution is 5.92. The quantitative estimate of drug-likeness (QED) is 0.623. The fourth-order valence-corrected chi connectivity index (χ4v) is 2.09. The molecule has 1 amide bonds. The molecule has 0 atom stereocenters. The number of hydrogen-bond acceptors (Lipinski definition) is 4. The molecule has 0 saturated heterocycles. The largest absolute Gasteiger partial charge is 0.465 e. The smallest absolute Gasteiger partial charge is 0.325 e. The van der Waals surface area contributed by atoms with Crippen LogP contribution in [0.15, 0.2) is 12.5 Å². The molecule has 0 spiro atoms. The van der Waals surface area contributed by atoms with E-state index in [0.717, 1.165) is 38.8 Å². The molecule has 1 aromatic heterocycles. The molecule has 0 fully saturated rings. The van der Waals surface area contributed by atoms with Gasteiger partial charge in [0.05, 0.1) is 12.9 Å². The molecule has 0 aliphatic rings. The zero-order chi connectivity index (χ0) is 16.4. The number of nitrogens with zero attached hydrogens (tertiary/aromatic N) is 3. The molecule has 6 nitrogen and oxygen atoms in total. The minimum Gasteiger partial charge on any atom is -0.465 e. The number of carbonyl (C=O) groups is 2. The van der Waals surface area contributed by atoms with Gasteiger partial charge in [0.1, 0.15) is 12.2 Å². The summed E-state index contributed by atoms with van der Waals surface area (Å²) in [6.45, 7) is 7.91. The van der Waals surface area contributed by atoms with Gasteiger partial charge in [-0.05, 0) is 19.8 Å². The molecular weight excluding hydrogens is 282 g/mol. The highest BCUT2D eigenvalue weighted by Gasteiger charge is 2.18. The van der Waals surface area contributed by atoms with Crippen LogP contribution in [-0.4, -0.2) is 46.0 Å². The van der Waals surface area contributed by atoms with E-state index in [0.29, 0.717) is 12.3 Å². The van der Waals surface area contributed by atoms with Crippen molar-refractivity contribution in [1.82, 2.24) is 14.5 Å². The predicted molar refractivity (Wildman–Crippen MR) is 84.6 cm³/mol. The predicted octanol–water partition coefficient (Wildman–Crippen LogP) is 2.49. The molecule has 0 N–H and O–H groups in total. The Morgan fingerprint density at radius 2 is 1.82 bits per heavy atom. The van der Waals surface area contributed by atoms with Gasteiger partial charge in [0, 0.05) is 19.3 Å². The Hall–Kier alpha value is -1.85. The van der Waals surface area contributed by atoms with Gasteiger partial charge in [-0.25, -0.2) is 4.98 Å². The van der Waals surface area contributed by atoms with Gasteiger partial charge in [-0.3, -0.25) is 9.59 Å². The van der Waals surface area contributed by atoms with Crippen molar-refractivity contribution in [1.29, 1.82) is 0 Å². The monoisotopic (exact) mass is 309 g/mol. The summed E-state index contributed by atoms with van der Waals surface area (Å²) in [6, 6.07) is 0. The third-order valence-electron chi connectivity index (χ3n) is 3.32. The lowest BCUT2D eigenvalue weighted by molar-refractivity contribution is -0.143. The van der Waals surface area contributed by atoms with E-state index in [1.807, 2.05) is 4.90 Å². The maximum absolute atomic E-state index is 12.5. The second-order valence-electron chi connectivity index (χ2n) is 5.24. The molecule has 1 heterocycles. The van der Waals surface area contributed by atoms with Crippen LogP contribution >= 0.6 is 0 Å². The van der Waals surface area contributed by atoms with Crippen molar-refractivity contribution in [3.8, 4) is 0 Å². The molecular formula is C16H27N3O3. The Kier molecular flexibility index (Phi) is 8.25. The summed E-state index contributed by atoms with van der Waals surface area (Å²) in [7, 11) is 0. The molecule has 0 unspecified atom stereocenters. The van der Waals surface area contributed by atoms with Crippen LogP contribution in [0.5, 0.6) is 0 Å². The number of unbranched alkanes of at least 4 members (excludes halogenated alkanes) is 2. The van der Waals surface area contributed by atoms with E-state index in [9.17, 15) is 9.59 Å². The van der Waals surface area contributed by atoms with E-state index in [-0.39, 0.29) is 18.4 Å². The molecule has 0 radical (unpaired) electrons. The van der Waals surface area contributed by atoms with Gasteiger partial charge in [-0.1, -0.05) is 26.7 Å². The van der Waals surface area contributed by atoms with Crippen molar-refractivity contribution in [2.45, 2.75) is 53.0 Å². The summed E-state index contributed by atoms with van der Waals surface area (Å²) in [5.74, 6) is -0.391. The average Bonchev–Trinajstić information content (AvgIpc) is 2.95. The molecule has 0 aliphatic carbocycles. The Bertz CT molecular complexity index is 463. The minimum atomic E-state index is -0.326. The molecule has 0 aliphatic heterocycles. The molecule has 1 aromatic rings. The third kappa shape index (κ3) is 5.87. The zero-order valence-corrected chi connectivity index (χ0v) is 13.9. The Labute approximate surface area is 132 Å². The molecule has 0 saturated carbocycles. The summed E-state index contributed by atoms with van der Waals surface area (Å²) >= 11 is 0. The number of aromatic nitrogens is 2. The first-order chi connectivity index (χ1) is 10.6. The Morgan fingerprint density at radius 3 is 2.36 bits per heavy atom. The van der Waals surface area contributed by atoms with Crippen molar-refractivity contribution in [3.05, 3.63) is 18.2 Å². The van der Waals surface area contributed by atoms with Gasteiger partial charge in [0.2, 0.25) is 0 Å². The molecule has 0 aromatic carbocycles. The highest BCUT2D eigenvalue weighted by atomic mass is 16.5. The van der Waals surface area contributed by atoms with Gasteiger partial charge in [0.15, 0.2) is 0 Å². The SMILES string of the molecule is CCCCN(CCCC)C(=O)c1cn(CC(=O)OCC)cn1. The number of imidazole rings is 1. The number of rotatable bonds is 10. The van der Waals surface area contributed by atoms with Gasteiger partial charge in [-0.2, -0.15) is 0 Å². The van der Waals surface area contributed by atoms with Crippen LogP contribution < -0.4 is 0 Å². The first-order valence-electron chi connectivity index (χ1n) is 8.09. The zero-order valence-electron chi connectivity index (χ0n) is 13.9. The normalized spacial score (nSPS) is 10.5. The van der Waals surface area contributed by atoms with E-state index in [2.05, 4.69) is 18.8 Å². The minimum absolute atomic E-state index is 0.0653. The van der Waals surface area contributed by atoms with Crippen molar-refractivity contribution in [2.75, 3.05) is 19.7 Å². The van der Waals surface area contributed by atoms with E-state index >= 15 is 0 Å². The summed E-state index contributed by atoms with van der Waals surface area (Å²) in [5.41, 5.74) is 0.386. The third-order valence-corrected chi connectivity index (χ3v) is 3.32. The topological polar surface area (TPSA) is 64.4 Å². The number of hydrogen-bond donors (Lipinski definition) is 0. The number of carbonyl (C=O) groups excluding carboxylic acids is 2. The summed E-state index contributed by atoms with van der Waals surface area (Å²) in [4.78, 5) is 29.9. The van der Waals surface area contributed by atoms with Crippen LogP contribution in [0.25, 0.3) is 0 Å². The van der Waals surface area contributed by atoms with E-state index in [1.165, 1.54) is 6.33 Å². The maximum Gasteiger partial charge on any atom is 0.325 e. The van der Waals surface area contributed by atoms with Crippen molar-refractivity contribution < 1.29 is 14.3 Å². The van der Waals surface area contributed by atoms with Crippen LogP contribution in [0.3, 0.4) is 0 Å². The molecule has 124 valence electrons. The second kappa shape index (κ2) is 9.97. The fraction of sp³-hybridized carbons (Fsp3) is 0.688. The highest BCUT2D eigenvalue weighted by Crippen LogP contribution is 2.07. The average molecular weight is 309 g/mol. The standard InChI is InChI=1S/C16H27N3O3/c1-4-7-9-19(10-8-5-2)16(21)14-11-18(13-17-14)12-15(20)22-6-3/h11,13H,4-10,12H2,1-3H3. The lowest BCUT2D eigenvalue weighted by atomic mass is 10.2. The van der Waals surface area contributed by atoms with Crippen LogP contribution in [0.2, 0.25) is 0 Å². The van der Waals surface area contributed by atoms with Crippen molar-refractivity contribution in [2.24, 2.45) is 0 Å². The number of esters is 1.